The largest absolute Gasteiger partial charge is 0.307 e. The number of hydrogen-bond donors (Lipinski definition) is 0. The summed E-state index contributed by atoms with van der Waals surface area (Å²) in [6.07, 6.45) is 0.194. The van der Waals surface area contributed by atoms with Gasteiger partial charge in [0.05, 0.1) is 16.1 Å². The molecular weight excluding hydrogens is 275 g/mol. The van der Waals surface area contributed by atoms with E-state index in [0.29, 0.717) is 0 Å². The fraction of sp³-hybridized carbons (Fsp3) is 0.300. The second-order valence-corrected chi connectivity index (χ2v) is 4.98. The Hall–Kier alpha value is -0.510. The van der Waals surface area contributed by atoms with E-state index in [2.05, 4.69) is 0 Å². The molecule has 1 saturated heterocycles. The van der Waals surface area contributed by atoms with Gasteiger partial charge in [-0.05, 0) is 12.1 Å². The van der Waals surface area contributed by atoms with Gasteiger partial charge in [0, 0.05) is 18.0 Å². The number of hydrogen-bond acceptors (Lipinski definition) is 1. The monoisotopic (exact) mass is 281 g/mol. The van der Waals surface area contributed by atoms with Crippen LogP contribution in [0.1, 0.15) is 6.42 Å². The fourth-order valence-electron chi connectivity index (χ4n) is 1.67. The third-order valence-electron chi connectivity index (χ3n) is 2.33. The Kier molecular flexibility index (Phi) is 3.29. The van der Waals surface area contributed by atoms with Crippen molar-refractivity contribution in [2.45, 2.75) is 11.8 Å². The van der Waals surface area contributed by atoms with Crippen molar-refractivity contribution in [1.82, 2.24) is 0 Å². The van der Waals surface area contributed by atoms with Gasteiger partial charge in [0.25, 0.3) is 0 Å². The van der Waals surface area contributed by atoms with Crippen LogP contribution in [0.5, 0.6) is 0 Å². The summed E-state index contributed by atoms with van der Waals surface area (Å²) in [7, 11) is 0. The normalized spacial score (nSPS) is 20.6. The van der Waals surface area contributed by atoms with Gasteiger partial charge in [-0.3, -0.25) is 4.79 Å². The first-order chi connectivity index (χ1) is 7.49. The van der Waals surface area contributed by atoms with E-state index in [0.717, 1.165) is 6.07 Å². The minimum atomic E-state index is -0.614. The number of nitrogens with zero attached hydrogens (tertiary/aromatic N) is 1. The topological polar surface area (TPSA) is 20.3 Å². The number of amides is 1. The van der Waals surface area contributed by atoms with E-state index in [1.807, 2.05) is 0 Å². The smallest absolute Gasteiger partial charge is 0.228 e. The summed E-state index contributed by atoms with van der Waals surface area (Å²) in [5.41, 5.74) is 0.0548. The van der Waals surface area contributed by atoms with Crippen LogP contribution < -0.4 is 4.90 Å². The van der Waals surface area contributed by atoms with E-state index in [1.54, 1.807) is 0 Å². The molecule has 1 heterocycles. The van der Waals surface area contributed by atoms with Gasteiger partial charge in [-0.1, -0.05) is 23.2 Å². The average Bonchev–Trinajstić information content (AvgIpc) is 2.43. The Balaban J connectivity index is 2.44. The van der Waals surface area contributed by atoms with Gasteiger partial charge in [0.2, 0.25) is 5.91 Å². The number of carbonyl (C=O) groups is 1. The van der Waals surface area contributed by atoms with Crippen molar-refractivity contribution in [2.75, 3.05) is 11.4 Å². The van der Waals surface area contributed by atoms with E-state index in [9.17, 15) is 9.18 Å². The molecule has 86 valence electrons. The molecule has 0 spiro atoms. The highest BCUT2D eigenvalue weighted by atomic mass is 35.5. The Morgan fingerprint density at radius 2 is 2.06 bits per heavy atom. The van der Waals surface area contributed by atoms with Crippen molar-refractivity contribution in [2.24, 2.45) is 0 Å². The van der Waals surface area contributed by atoms with E-state index in [-0.39, 0.29) is 40.0 Å². The summed E-state index contributed by atoms with van der Waals surface area (Å²) in [6, 6.07) is 2.52. The lowest BCUT2D eigenvalue weighted by Gasteiger charge is -2.18. The number of benzene rings is 1. The molecule has 0 N–H and O–H groups in total. The zero-order valence-electron chi connectivity index (χ0n) is 8.01. The first-order valence-electron chi connectivity index (χ1n) is 4.58. The van der Waals surface area contributed by atoms with E-state index < -0.39 is 5.82 Å². The number of halogens is 4. The van der Waals surface area contributed by atoms with Crippen LogP contribution in [0.4, 0.5) is 10.1 Å². The molecule has 6 heteroatoms. The quantitative estimate of drug-likeness (QED) is 0.722. The van der Waals surface area contributed by atoms with Gasteiger partial charge < -0.3 is 4.90 Å². The minimum absolute atomic E-state index is 0.0548. The highest BCUT2D eigenvalue weighted by molar-refractivity contribution is 6.37. The molecule has 16 heavy (non-hydrogen) atoms. The third-order valence-corrected chi connectivity index (χ3v) is 3.13. The third kappa shape index (κ3) is 2.12. The molecule has 1 atom stereocenters. The lowest BCUT2D eigenvalue weighted by molar-refractivity contribution is -0.117. The molecule has 0 bridgehead atoms. The lowest BCUT2D eigenvalue weighted by Crippen LogP contribution is -2.26. The molecule has 1 fully saturated rings. The summed E-state index contributed by atoms with van der Waals surface area (Å²) in [5.74, 6) is -0.847. The zero-order chi connectivity index (χ0) is 11.9. The van der Waals surface area contributed by atoms with Gasteiger partial charge in [-0.15, -0.1) is 11.6 Å². The van der Waals surface area contributed by atoms with Gasteiger partial charge in [0.15, 0.2) is 0 Å². The molecule has 2 nitrogen and oxygen atoms in total. The second kappa shape index (κ2) is 4.40. The van der Waals surface area contributed by atoms with Crippen molar-refractivity contribution in [3.05, 3.63) is 28.0 Å². The van der Waals surface area contributed by atoms with Crippen molar-refractivity contribution < 1.29 is 9.18 Å². The number of alkyl halides is 1. The van der Waals surface area contributed by atoms with Crippen molar-refractivity contribution >= 4 is 46.4 Å². The molecule has 0 aliphatic carbocycles. The summed E-state index contributed by atoms with van der Waals surface area (Å²) in [6.45, 7) is 0.263. The van der Waals surface area contributed by atoms with Crippen molar-refractivity contribution in [3.8, 4) is 0 Å². The van der Waals surface area contributed by atoms with E-state index in [4.69, 9.17) is 34.8 Å². The maximum Gasteiger partial charge on any atom is 0.228 e. The number of rotatable bonds is 1. The Bertz CT molecular complexity index is 429. The van der Waals surface area contributed by atoms with Crippen molar-refractivity contribution in [3.63, 3.8) is 0 Å². The Labute approximate surface area is 107 Å². The Morgan fingerprint density at radius 3 is 2.56 bits per heavy atom. The predicted molar refractivity (Wildman–Crippen MR) is 63.0 cm³/mol. The molecule has 1 aromatic rings. The molecule has 1 aliphatic rings. The van der Waals surface area contributed by atoms with Crippen LogP contribution in [0, 0.1) is 5.82 Å². The zero-order valence-corrected chi connectivity index (χ0v) is 10.3. The first kappa shape index (κ1) is 12.0. The highest BCUT2D eigenvalue weighted by Gasteiger charge is 2.32. The Morgan fingerprint density at radius 1 is 1.38 bits per heavy atom. The SMILES string of the molecule is O=C1CC(Cl)CN1c1c(F)cc(Cl)cc1Cl. The maximum absolute atomic E-state index is 13.7. The molecule has 1 aliphatic heterocycles. The van der Waals surface area contributed by atoms with Gasteiger partial charge in [-0.2, -0.15) is 0 Å². The number of carbonyl (C=O) groups excluding carboxylic acids is 1. The first-order valence-corrected chi connectivity index (χ1v) is 5.77. The minimum Gasteiger partial charge on any atom is -0.307 e. The van der Waals surface area contributed by atoms with Crippen LogP contribution >= 0.6 is 34.8 Å². The predicted octanol–water partition coefficient (Wildman–Crippen LogP) is 3.48. The fourth-order valence-corrected chi connectivity index (χ4v) is 2.51. The van der Waals surface area contributed by atoms with Gasteiger partial charge >= 0.3 is 0 Å². The van der Waals surface area contributed by atoms with E-state index in [1.165, 1.54) is 11.0 Å². The van der Waals surface area contributed by atoms with Crippen LogP contribution in [-0.4, -0.2) is 17.8 Å². The molecule has 0 radical (unpaired) electrons. The lowest BCUT2D eigenvalue weighted by atomic mass is 10.3. The molecule has 1 aromatic carbocycles. The van der Waals surface area contributed by atoms with Crippen LogP contribution in [0.2, 0.25) is 10.0 Å². The summed E-state index contributed by atoms with van der Waals surface area (Å²) in [5, 5.41) is 0.00285. The summed E-state index contributed by atoms with van der Waals surface area (Å²) >= 11 is 17.3. The molecule has 0 saturated carbocycles. The highest BCUT2D eigenvalue weighted by Crippen LogP contribution is 2.35. The maximum atomic E-state index is 13.7. The van der Waals surface area contributed by atoms with Crippen LogP contribution in [0.15, 0.2) is 12.1 Å². The average molecular weight is 283 g/mol. The van der Waals surface area contributed by atoms with Crippen molar-refractivity contribution in [1.29, 1.82) is 0 Å². The molecule has 1 amide bonds. The molecule has 1 unspecified atom stereocenters. The van der Waals surface area contributed by atoms with Crippen LogP contribution in [0.25, 0.3) is 0 Å². The number of anilines is 1. The summed E-state index contributed by atoms with van der Waals surface area (Å²) in [4.78, 5) is 12.8. The van der Waals surface area contributed by atoms with Crippen LogP contribution in [-0.2, 0) is 4.79 Å². The van der Waals surface area contributed by atoms with Gasteiger partial charge in [0.1, 0.15) is 5.82 Å². The van der Waals surface area contributed by atoms with Gasteiger partial charge in [-0.25, -0.2) is 4.39 Å². The van der Waals surface area contributed by atoms with E-state index >= 15 is 0 Å². The second-order valence-electron chi connectivity index (χ2n) is 3.52. The standard InChI is InChI=1S/C10H7Cl3FNO/c11-5-1-7(13)10(8(14)2-5)15-4-6(12)3-9(15)16/h1-2,6H,3-4H2. The molecular formula is C10H7Cl3FNO. The van der Waals surface area contributed by atoms with Crippen LogP contribution in [0.3, 0.4) is 0 Å². The summed E-state index contributed by atoms with van der Waals surface area (Å²) < 4.78 is 13.7. The molecule has 0 aromatic heterocycles. The molecule has 2 rings (SSSR count).